The van der Waals surface area contributed by atoms with E-state index in [9.17, 15) is 0 Å². The highest BCUT2D eigenvalue weighted by atomic mass is 15.3. The molecule has 0 aliphatic carbocycles. The van der Waals surface area contributed by atoms with Gasteiger partial charge in [0.2, 0.25) is 0 Å². The van der Waals surface area contributed by atoms with Gasteiger partial charge in [-0.15, -0.1) is 0 Å². The molecule has 0 unspecified atom stereocenters. The molecule has 3 aromatic rings. The summed E-state index contributed by atoms with van der Waals surface area (Å²) in [7, 11) is 1.91. The standard InChI is InChI=1S/C16H19N7/c1-12-10-14(18-9-5-7-15-19-11-20-23(15)2)22-16(21-12)13-6-3-4-8-17-13/h3-4,6,8,10-11H,5,7,9H2,1-2H3,(H,18,21,22). The number of hydrogen-bond donors (Lipinski definition) is 1. The first-order valence-electron chi connectivity index (χ1n) is 7.56. The second kappa shape index (κ2) is 6.95. The lowest BCUT2D eigenvalue weighted by Gasteiger charge is -2.08. The van der Waals surface area contributed by atoms with E-state index in [0.29, 0.717) is 5.82 Å². The quantitative estimate of drug-likeness (QED) is 0.702. The normalized spacial score (nSPS) is 10.7. The maximum atomic E-state index is 4.54. The van der Waals surface area contributed by atoms with Crippen molar-refractivity contribution in [3.05, 3.63) is 48.3 Å². The Labute approximate surface area is 134 Å². The third-order valence-electron chi connectivity index (χ3n) is 3.44. The van der Waals surface area contributed by atoms with Gasteiger partial charge in [0.05, 0.1) is 0 Å². The lowest BCUT2D eigenvalue weighted by atomic mass is 10.3. The van der Waals surface area contributed by atoms with Crippen molar-refractivity contribution in [2.75, 3.05) is 11.9 Å². The number of pyridine rings is 1. The van der Waals surface area contributed by atoms with Gasteiger partial charge < -0.3 is 5.32 Å². The molecule has 0 saturated heterocycles. The van der Waals surface area contributed by atoms with E-state index in [2.05, 4.69) is 30.4 Å². The van der Waals surface area contributed by atoms with Crippen molar-refractivity contribution in [2.24, 2.45) is 7.05 Å². The topological polar surface area (TPSA) is 81.4 Å². The van der Waals surface area contributed by atoms with Crippen molar-refractivity contribution in [3.63, 3.8) is 0 Å². The molecule has 0 saturated carbocycles. The summed E-state index contributed by atoms with van der Waals surface area (Å²) >= 11 is 0. The highest BCUT2D eigenvalue weighted by Gasteiger charge is 2.06. The van der Waals surface area contributed by atoms with E-state index in [4.69, 9.17) is 0 Å². The van der Waals surface area contributed by atoms with E-state index in [-0.39, 0.29) is 0 Å². The van der Waals surface area contributed by atoms with Gasteiger partial charge in [0.15, 0.2) is 5.82 Å². The van der Waals surface area contributed by atoms with Gasteiger partial charge in [-0.05, 0) is 25.5 Å². The van der Waals surface area contributed by atoms with Crippen LogP contribution in [0.15, 0.2) is 36.8 Å². The average molecular weight is 309 g/mol. The molecule has 0 atom stereocenters. The van der Waals surface area contributed by atoms with Crippen LogP contribution in [-0.4, -0.2) is 36.3 Å². The van der Waals surface area contributed by atoms with Crippen molar-refractivity contribution < 1.29 is 0 Å². The van der Waals surface area contributed by atoms with Crippen LogP contribution in [0.1, 0.15) is 17.9 Å². The molecule has 7 nitrogen and oxygen atoms in total. The highest BCUT2D eigenvalue weighted by molar-refractivity contribution is 5.52. The number of nitrogens with one attached hydrogen (secondary N) is 1. The Morgan fingerprint density at radius 1 is 1.17 bits per heavy atom. The molecule has 0 aromatic carbocycles. The highest BCUT2D eigenvalue weighted by Crippen LogP contribution is 2.15. The van der Waals surface area contributed by atoms with E-state index in [1.54, 1.807) is 17.2 Å². The fraction of sp³-hybridized carbons (Fsp3) is 0.312. The number of hydrogen-bond acceptors (Lipinski definition) is 6. The van der Waals surface area contributed by atoms with Gasteiger partial charge in [0, 0.05) is 38.0 Å². The summed E-state index contributed by atoms with van der Waals surface area (Å²) in [5.74, 6) is 2.44. The molecule has 3 heterocycles. The molecule has 0 aliphatic heterocycles. The van der Waals surface area contributed by atoms with E-state index in [0.717, 1.165) is 42.4 Å². The van der Waals surface area contributed by atoms with E-state index < -0.39 is 0 Å². The molecule has 3 aromatic heterocycles. The number of rotatable bonds is 6. The molecule has 1 N–H and O–H groups in total. The largest absolute Gasteiger partial charge is 0.370 e. The Kier molecular flexibility index (Phi) is 4.56. The molecule has 118 valence electrons. The van der Waals surface area contributed by atoms with Crippen molar-refractivity contribution in [3.8, 4) is 11.5 Å². The molecule has 0 radical (unpaired) electrons. The monoisotopic (exact) mass is 309 g/mol. The van der Waals surface area contributed by atoms with Crippen LogP contribution in [0.5, 0.6) is 0 Å². The first-order valence-corrected chi connectivity index (χ1v) is 7.56. The van der Waals surface area contributed by atoms with Crippen LogP contribution in [0, 0.1) is 6.92 Å². The van der Waals surface area contributed by atoms with Crippen LogP contribution < -0.4 is 5.32 Å². The molecule has 0 fully saturated rings. The molecular weight excluding hydrogens is 290 g/mol. The van der Waals surface area contributed by atoms with Crippen LogP contribution in [0.25, 0.3) is 11.5 Å². The van der Waals surface area contributed by atoms with Crippen LogP contribution in [0.4, 0.5) is 5.82 Å². The number of aromatic nitrogens is 6. The molecule has 3 rings (SSSR count). The second-order valence-electron chi connectivity index (χ2n) is 5.26. The maximum absolute atomic E-state index is 4.54. The summed E-state index contributed by atoms with van der Waals surface area (Å²) in [6, 6.07) is 7.66. The molecule has 7 heteroatoms. The SMILES string of the molecule is Cc1cc(NCCCc2ncnn2C)nc(-c2ccccn2)n1. The van der Waals surface area contributed by atoms with Crippen molar-refractivity contribution >= 4 is 5.82 Å². The fourth-order valence-corrected chi connectivity index (χ4v) is 2.28. The Morgan fingerprint density at radius 3 is 2.83 bits per heavy atom. The summed E-state index contributed by atoms with van der Waals surface area (Å²) in [5, 5.41) is 7.41. The Balaban J connectivity index is 1.62. The fourth-order valence-electron chi connectivity index (χ4n) is 2.28. The molecule has 0 bridgehead atoms. The zero-order valence-electron chi connectivity index (χ0n) is 13.3. The van der Waals surface area contributed by atoms with Gasteiger partial charge in [-0.2, -0.15) is 5.10 Å². The predicted molar refractivity (Wildman–Crippen MR) is 87.8 cm³/mol. The molecular formula is C16H19N7. The number of anilines is 1. The van der Waals surface area contributed by atoms with Gasteiger partial charge in [0.25, 0.3) is 0 Å². The second-order valence-corrected chi connectivity index (χ2v) is 5.26. The molecule has 0 spiro atoms. The minimum absolute atomic E-state index is 0.640. The molecule has 23 heavy (non-hydrogen) atoms. The van der Waals surface area contributed by atoms with E-state index in [1.165, 1.54) is 0 Å². The van der Waals surface area contributed by atoms with Crippen molar-refractivity contribution in [1.29, 1.82) is 0 Å². The first kappa shape index (κ1) is 15.1. The first-order chi connectivity index (χ1) is 11.2. The van der Waals surface area contributed by atoms with Crippen LogP contribution >= 0.6 is 0 Å². The minimum Gasteiger partial charge on any atom is -0.370 e. The molecule has 0 aliphatic rings. The predicted octanol–water partition coefficient (Wildman–Crippen LogP) is 2.02. The summed E-state index contributed by atoms with van der Waals surface area (Å²) < 4.78 is 1.80. The van der Waals surface area contributed by atoms with Crippen LogP contribution in [0.2, 0.25) is 0 Å². The zero-order valence-corrected chi connectivity index (χ0v) is 13.3. The number of nitrogens with zero attached hydrogens (tertiary/aromatic N) is 6. The Bertz CT molecular complexity index is 767. The van der Waals surface area contributed by atoms with E-state index >= 15 is 0 Å². The van der Waals surface area contributed by atoms with Gasteiger partial charge in [-0.25, -0.2) is 15.0 Å². The Morgan fingerprint density at radius 2 is 2.09 bits per heavy atom. The lowest BCUT2D eigenvalue weighted by molar-refractivity contribution is 0.679. The van der Waals surface area contributed by atoms with Crippen molar-refractivity contribution in [1.82, 2.24) is 29.7 Å². The average Bonchev–Trinajstić information content (AvgIpc) is 2.97. The summed E-state index contributed by atoms with van der Waals surface area (Å²) in [5.41, 5.74) is 1.69. The molecule has 0 amide bonds. The summed E-state index contributed by atoms with van der Waals surface area (Å²) in [4.78, 5) is 17.5. The van der Waals surface area contributed by atoms with Gasteiger partial charge >= 0.3 is 0 Å². The lowest BCUT2D eigenvalue weighted by Crippen LogP contribution is -2.08. The minimum atomic E-state index is 0.640. The zero-order chi connectivity index (χ0) is 16.1. The number of aryl methyl sites for hydroxylation is 3. The van der Waals surface area contributed by atoms with Gasteiger partial charge in [0.1, 0.15) is 23.7 Å². The third kappa shape index (κ3) is 3.88. The summed E-state index contributed by atoms with van der Waals surface area (Å²) in [6.07, 6.45) is 5.15. The van der Waals surface area contributed by atoms with Gasteiger partial charge in [-0.1, -0.05) is 6.07 Å². The van der Waals surface area contributed by atoms with E-state index in [1.807, 2.05) is 38.2 Å². The van der Waals surface area contributed by atoms with Crippen LogP contribution in [0.3, 0.4) is 0 Å². The maximum Gasteiger partial charge on any atom is 0.180 e. The van der Waals surface area contributed by atoms with Gasteiger partial charge in [-0.3, -0.25) is 9.67 Å². The van der Waals surface area contributed by atoms with Crippen LogP contribution in [-0.2, 0) is 13.5 Å². The van der Waals surface area contributed by atoms with Crippen molar-refractivity contribution in [2.45, 2.75) is 19.8 Å². The Hall–Kier alpha value is -2.83. The third-order valence-corrected chi connectivity index (χ3v) is 3.44. The smallest absolute Gasteiger partial charge is 0.180 e. The summed E-state index contributed by atoms with van der Waals surface area (Å²) in [6.45, 7) is 2.77.